The Balaban J connectivity index is 1.73. The van der Waals surface area contributed by atoms with E-state index in [1.807, 2.05) is 42.6 Å². The molecular formula is C17H14N2. The van der Waals surface area contributed by atoms with Gasteiger partial charge in [0.25, 0.3) is 0 Å². The summed E-state index contributed by atoms with van der Waals surface area (Å²) in [5.74, 6) is 0. The number of nitrogens with one attached hydrogen (secondary N) is 1. The highest BCUT2D eigenvalue weighted by atomic mass is 14.7. The molecule has 0 spiro atoms. The first-order valence-corrected chi connectivity index (χ1v) is 6.25. The molecule has 0 fully saturated rings. The van der Waals surface area contributed by atoms with Gasteiger partial charge in [0.15, 0.2) is 0 Å². The van der Waals surface area contributed by atoms with Gasteiger partial charge in [-0.2, -0.15) is 0 Å². The van der Waals surface area contributed by atoms with E-state index in [0.29, 0.717) is 0 Å². The zero-order valence-corrected chi connectivity index (χ0v) is 10.5. The molecule has 2 heteroatoms. The first kappa shape index (κ1) is 11.5. The zero-order chi connectivity index (χ0) is 12.9. The molecule has 0 amide bonds. The van der Waals surface area contributed by atoms with Gasteiger partial charge in [-0.05, 0) is 47.4 Å². The number of allylic oxidation sites excluding steroid dienone is 2. The Morgan fingerprint density at radius 1 is 0.947 bits per heavy atom. The van der Waals surface area contributed by atoms with Crippen LogP contribution in [0.15, 0.2) is 67.0 Å². The average molecular weight is 246 g/mol. The van der Waals surface area contributed by atoms with E-state index in [-0.39, 0.29) is 0 Å². The zero-order valence-electron chi connectivity index (χ0n) is 10.5. The molecule has 1 aromatic carbocycles. The van der Waals surface area contributed by atoms with Crippen molar-refractivity contribution in [3.63, 3.8) is 0 Å². The summed E-state index contributed by atoms with van der Waals surface area (Å²) in [6.45, 7) is 0. The van der Waals surface area contributed by atoms with E-state index >= 15 is 0 Å². The standard InChI is InChI=1S/C17H14N2/c1(2-6-16-7-3-4-11-18-16)5-14-8-9-17-15(13-14)10-12-19-17/h1-13,19H/b5-1+,6-2+. The molecule has 0 radical (unpaired) electrons. The van der Waals surface area contributed by atoms with Gasteiger partial charge in [-0.3, -0.25) is 4.98 Å². The van der Waals surface area contributed by atoms with Crippen LogP contribution in [0, 0.1) is 0 Å². The lowest BCUT2D eigenvalue weighted by Crippen LogP contribution is -1.75. The van der Waals surface area contributed by atoms with Gasteiger partial charge in [0.2, 0.25) is 0 Å². The summed E-state index contributed by atoms with van der Waals surface area (Å²) >= 11 is 0. The smallest absolute Gasteiger partial charge is 0.0629 e. The fourth-order valence-corrected chi connectivity index (χ4v) is 1.97. The molecule has 0 unspecified atom stereocenters. The quantitative estimate of drug-likeness (QED) is 0.686. The summed E-state index contributed by atoms with van der Waals surface area (Å²) in [4.78, 5) is 7.42. The molecule has 0 aliphatic carbocycles. The number of rotatable bonds is 3. The monoisotopic (exact) mass is 246 g/mol. The highest BCUT2D eigenvalue weighted by Crippen LogP contribution is 2.15. The molecule has 2 heterocycles. The fraction of sp³-hybridized carbons (Fsp3) is 0. The number of nitrogens with zero attached hydrogens (tertiary/aromatic N) is 1. The maximum absolute atomic E-state index is 4.23. The number of H-pyrrole nitrogens is 1. The Morgan fingerprint density at radius 3 is 2.79 bits per heavy atom. The van der Waals surface area contributed by atoms with Crippen LogP contribution in [0.4, 0.5) is 0 Å². The van der Waals surface area contributed by atoms with Crippen molar-refractivity contribution in [1.29, 1.82) is 0 Å². The minimum atomic E-state index is 0.966. The molecule has 92 valence electrons. The number of aromatic amines is 1. The van der Waals surface area contributed by atoms with Crippen LogP contribution >= 0.6 is 0 Å². The van der Waals surface area contributed by atoms with E-state index in [0.717, 1.165) is 5.69 Å². The highest BCUT2D eigenvalue weighted by Gasteiger charge is 1.93. The van der Waals surface area contributed by atoms with Crippen LogP contribution in [0.1, 0.15) is 11.3 Å². The van der Waals surface area contributed by atoms with Crippen LogP contribution in [-0.2, 0) is 0 Å². The third kappa shape index (κ3) is 2.80. The second-order valence-electron chi connectivity index (χ2n) is 4.30. The number of hydrogen-bond donors (Lipinski definition) is 1. The van der Waals surface area contributed by atoms with Gasteiger partial charge in [0.05, 0.1) is 5.69 Å². The molecule has 0 aliphatic rings. The van der Waals surface area contributed by atoms with Gasteiger partial charge in [-0.25, -0.2) is 0 Å². The molecule has 0 atom stereocenters. The van der Waals surface area contributed by atoms with Crippen molar-refractivity contribution in [3.05, 3.63) is 78.3 Å². The Kier molecular flexibility index (Phi) is 3.24. The summed E-state index contributed by atoms with van der Waals surface area (Å²) < 4.78 is 0. The molecule has 2 nitrogen and oxygen atoms in total. The van der Waals surface area contributed by atoms with Crippen LogP contribution in [-0.4, -0.2) is 9.97 Å². The first-order chi connectivity index (χ1) is 9.42. The third-order valence-electron chi connectivity index (χ3n) is 2.93. The van der Waals surface area contributed by atoms with E-state index in [1.54, 1.807) is 6.20 Å². The van der Waals surface area contributed by atoms with E-state index in [2.05, 4.69) is 40.3 Å². The Hall–Kier alpha value is -2.61. The molecule has 1 N–H and O–H groups in total. The van der Waals surface area contributed by atoms with Crippen molar-refractivity contribution in [2.45, 2.75) is 0 Å². The first-order valence-electron chi connectivity index (χ1n) is 6.25. The number of aromatic nitrogens is 2. The van der Waals surface area contributed by atoms with E-state index in [1.165, 1.54) is 16.5 Å². The molecular weight excluding hydrogens is 232 g/mol. The summed E-state index contributed by atoms with van der Waals surface area (Å²) in [6, 6.07) is 14.3. The van der Waals surface area contributed by atoms with Crippen molar-refractivity contribution < 1.29 is 0 Å². The van der Waals surface area contributed by atoms with Crippen molar-refractivity contribution in [1.82, 2.24) is 9.97 Å². The number of fused-ring (bicyclic) bond motifs is 1. The maximum atomic E-state index is 4.23. The van der Waals surface area contributed by atoms with Gasteiger partial charge >= 0.3 is 0 Å². The van der Waals surface area contributed by atoms with Gasteiger partial charge in [0, 0.05) is 17.9 Å². The molecule has 0 saturated carbocycles. The largest absolute Gasteiger partial charge is 0.361 e. The Bertz CT molecular complexity index is 721. The molecule has 0 bridgehead atoms. The number of hydrogen-bond acceptors (Lipinski definition) is 1. The lowest BCUT2D eigenvalue weighted by atomic mass is 10.1. The highest BCUT2D eigenvalue weighted by molar-refractivity contribution is 5.82. The third-order valence-corrected chi connectivity index (χ3v) is 2.93. The molecule has 3 aromatic rings. The maximum Gasteiger partial charge on any atom is 0.0629 e. The Labute approximate surface area is 112 Å². The second kappa shape index (κ2) is 5.36. The van der Waals surface area contributed by atoms with Crippen LogP contribution in [0.5, 0.6) is 0 Å². The average Bonchev–Trinajstić information content (AvgIpc) is 2.92. The van der Waals surface area contributed by atoms with Gasteiger partial charge in [-0.1, -0.05) is 30.4 Å². The SMILES string of the molecule is C(/C=C/c1ccccn1)=C\c1ccc2[nH]ccc2c1. The molecule has 0 aliphatic heterocycles. The lowest BCUT2D eigenvalue weighted by Gasteiger charge is -1.93. The molecule has 3 rings (SSSR count). The summed E-state index contributed by atoms with van der Waals surface area (Å²) in [6.07, 6.45) is 11.9. The molecule has 0 saturated heterocycles. The van der Waals surface area contributed by atoms with E-state index in [4.69, 9.17) is 0 Å². The van der Waals surface area contributed by atoms with Crippen LogP contribution < -0.4 is 0 Å². The van der Waals surface area contributed by atoms with Gasteiger partial charge < -0.3 is 4.98 Å². The van der Waals surface area contributed by atoms with Crippen LogP contribution in [0.25, 0.3) is 23.1 Å². The minimum absolute atomic E-state index is 0.966. The fourth-order valence-electron chi connectivity index (χ4n) is 1.97. The van der Waals surface area contributed by atoms with Crippen LogP contribution in [0.3, 0.4) is 0 Å². The minimum Gasteiger partial charge on any atom is -0.361 e. The molecule has 2 aromatic heterocycles. The van der Waals surface area contributed by atoms with Crippen molar-refractivity contribution in [3.8, 4) is 0 Å². The van der Waals surface area contributed by atoms with E-state index in [9.17, 15) is 0 Å². The topological polar surface area (TPSA) is 28.7 Å². The summed E-state index contributed by atoms with van der Waals surface area (Å²) in [7, 11) is 0. The second-order valence-corrected chi connectivity index (χ2v) is 4.30. The van der Waals surface area contributed by atoms with Gasteiger partial charge in [-0.15, -0.1) is 0 Å². The number of benzene rings is 1. The van der Waals surface area contributed by atoms with Gasteiger partial charge in [0.1, 0.15) is 0 Å². The lowest BCUT2D eigenvalue weighted by molar-refractivity contribution is 1.30. The van der Waals surface area contributed by atoms with E-state index < -0.39 is 0 Å². The van der Waals surface area contributed by atoms with Crippen LogP contribution in [0.2, 0.25) is 0 Å². The van der Waals surface area contributed by atoms with Crippen molar-refractivity contribution >= 4 is 23.1 Å². The van der Waals surface area contributed by atoms with Crippen molar-refractivity contribution in [2.75, 3.05) is 0 Å². The summed E-state index contributed by atoms with van der Waals surface area (Å²) in [5.41, 5.74) is 3.33. The number of pyridine rings is 1. The Morgan fingerprint density at radius 2 is 1.89 bits per heavy atom. The predicted molar refractivity (Wildman–Crippen MR) is 80.6 cm³/mol. The predicted octanol–water partition coefficient (Wildman–Crippen LogP) is 4.29. The summed E-state index contributed by atoms with van der Waals surface area (Å²) in [5, 5.41) is 1.23. The molecule has 19 heavy (non-hydrogen) atoms. The van der Waals surface area contributed by atoms with Crippen molar-refractivity contribution in [2.24, 2.45) is 0 Å². The normalized spacial score (nSPS) is 11.8.